The van der Waals surface area contributed by atoms with Gasteiger partial charge in [-0.1, -0.05) is 0 Å². The molecule has 1 aliphatic rings. The highest BCUT2D eigenvalue weighted by Gasteiger charge is 2.22. The Bertz CT molecular complexity index is 1090. The van der Waals surface area contributed by atoms with E-state index >= 15 is 0 Å². The van der Waals surface area contributed by atoms with Crippen molar-refractivity contribution in [3.05, 3.63) is 35.0 Å². The van der Waals surface area contributed by atoms with Crippen molar-refractivity contribution >= 4 is 32.6 Å². The van der Waals surface area contributed by atoms with Gasteiger partial charge in [0.2, 0.25) is 0 Å². The van der Waals surface area contributed by atoms with Crippen molar-refractivity contribution in [3.63, 3.8) is 0 Å². The quantitative estimate of drug-likeness (QED) is 0.546. The van der Waals surface area contributed by atoms with Gasteiger partial charge in [0, 0.05) is 6.54 Å². The van der Waals surface area contributed by atoms with Gasteiger partial charge in [-0.05, 0) is 75.2 Å². The lowest BCUT2D eigenvalue weighted by Gasteiger charge is -2.23. The first-order valence-electron chi connectivity index (χ1n) is 9.71. The summed E-state index contributed by atoms with van der Waals surface area (Å²) in [6.45, 7) is 7.44. The van der Waals surface area contributed by atoms with Gasteiger partial charge >= 0.3 is 0 Å². The lowest BCUT2D eigenvalue weighted by Crippen LogP contribution is -2.28. The number of imidazole rings is 1. The molecule has 6 heteroatoms. The Morgan fingerprint density at radius 3 is 2.85 bits per heavy atom. The van der Waals surface area contributed by atoms with Crippen LogP contribution in [0.25, 0.3) is 32.8 Å². The maximum Gasteiger partial charge on any atom is 0.177 e. The Hall–Kier alpha value is -2.18. The van der Waals surface area contributed by atoms with E-state index in [9.17, 15) is 0 Å². The predicted molar refractivity (Wildman–Crippen MR) is 110 cm³/mol. The maximum absolute atomic E-state index is 5.73. The molecule has 1 aliphatic heterocycles. The number of pyridine rings is 1. The van der Waals surface area contributed by atoms with Crippen molar-refractivity contribution in [1.29, 1.82) is 0 Å². The van der Waals surface area contributed by atoms with Crippen molar-refractivity contribution in [2.24, 2.45) is 5.92 Å². The Morgan fingerprint density at radius 2 is 2.07 bits per heavy atom. The Morgan fingerprint density at radius 1 is 1.22 bits per heavy atom. The molecule has 1 N–H and O–H groups in total. The van der Waals surface area contributed by atoms with Crippen molar-refractivity contribution in [1.82, 2.24) is 19.9 Å². The van der Waals surface area contributed by atoms with Gasteiger partial charge in [-0.3, -0.25) is 0 Å². The number of thiophene rings is 1. The lowest BCUT2D eigenvalue weighted by molar-refractivity contribution is 0.339. The van der Waals surface area contributed by atoms with E-state index < -0.39 is 0 Å². The third-order valence-corrected chi connectivity index (χ3v) is 6.80. The summed E-state index contributed by atoms with van der Waals surface area (Å²) < 4.78 is 9.35. The zero-order chi connectivity index (χ0) is 18.4. The summed E-state index contributed by atoms with van der Waals surface area (Å²) in [5.74, 6) is 2.53. The number of aryl methyl sites for hydroxylation is 3. The van der Waals surface area contributed by atoms with E-state index in [1.165, 1.54) is 35.0 Å². The molecule has 4 aromatic rings. The third-order valence-electron chi connectivity index (χ3n) is 5.71. The van der Waals surface area contributed by atoms with Crippen LogP contribution in [0.5, 0.6) is 0 Å². The molecule has 0 unspecified atom stereocenters. The highest BCUT2D eigenvalue weighted by Crippen LogP contribution is 2.36. The van der Waals surface area contributed by atoms with Crippen molar-refractivity contribution in [3.8, 4) is 11.6 Å². The van der Waals surface area contributed by atoms with Crippen LogP contribution in [0.3, 0.4) is 0 Å². The molecule has 1 saturated heterocycles. The monoisotopic (exact) mass is 380 g/mol. The number of fused-ring (bicyclic) bond motifs is 3. The van der Waals surface area contributed by atoms with Gasteiger partial charge in [-0.2, -0.15) is 0 Å². The van der Waals surface area contributed by atoms with Gasteiger partial charge < -0.3 is 14.3 Å². The molecule has 0 spiro atoms. The van der Waals surface area contributed by atoms with Gasteiger partial charge in [-0.25, -0.2) is 9.97 Å². The van der Waals surface area contributed by atoms with Crippen molar-refractivity contribution in [2.45, 2.75) is 39.7 Å². The minimum absolute atomic E-state index is 0.775. The highest BCUT2D eigenvalue weighted by atomic mass is 32.1. The molecule has 0 aliphatic carbocycles. The van der Waals surface area contributed by atoms with E-state index in [2.05, 4.69) is 29.1 Å². The van der Waals surface area contributed by atoms with E-state index in [-0.39, 0.29) is 0 Å². The zero-order valence-electron chi connectivity index (χ0n) is 15.8. The summed E-state index contributed by atoms with van der Waals surface area (Å²) in [6.07, 6.45) is 5.42. The number of piperidine rings is 1. The van der Waals surface area contributed by atoms with E-state index in [1.54, 1.807) is 17.6 Å². The van der Waals surface area contributed by atoms with Gasteiger partial charge in [0.05, 0.1) is 27.7 Å². The number of rotatable bonds is 4. The Labute approximate surface area is 162 Å². The Balaban J connectivity index is 1.68. The highest BCUT2D eigenvalue weighted by molar-refractivity contribution is 7.18. The van der Waals surface area contributed by atoms with E-state index in [4.69, 9.17) is 14.4 Å². The molecule has 5 nitrogen and oxygen atoms in total. The van der Waals surface area contributed by atoms with Crippen LogP contribution in [0.2, 0.25) is 0 Å². The fourth-order valence-corrected chi connectivity index (χ4v) is 5.24. The minimum Gasteiger partial charge on any atom is -0.461 e. The van der Waals surface area contributed by atoms with Crippen LogP contribution in [-0.4, -0.2) is 27.6 Å². The third kappa shape index (κ3) is 2.87. The second-order valence-electron chi connectivity index (χ2n) is 7.54. The lowest BCUT2D eigenvalue weighted by atomic mass is 9.95. The number of nitrogens with zero attached hydrogens (tertiary/aromatic N) is 3. The van der Waals surface area contributed by atoms with Crippen LogP contribution in [0.1, 0.15) is 30.5 Å². The minimum atomic E-state index is 0.775. The molecular weight excluding hydrogens is 356 g/mol. The van der Waals surface area contributed by atoms with Crippen molar-refractivity contribution in [2.75, 3.05) is 13.1 Å². The van der Waals surface area contributed by atoms with Gasteiger partial charge in [0.1, 0.15) is 5.52 Å². The summed E-state index contributed by atoms with van der Waals surface area (Å²) in [6, 6.07) is 3.93. The fraction of sp³-hybridized carbons (Fsp3) is 0.429. The second-order valence-corrected chi connectivity index (χ2v) is 8.42. The second kappa shape index (κ2) is 6.77. The smallest absolute Gasteiger partial charge is 0.177 e. The first-order chi connectivity index (χ1) is 13.2. The van der Waals surface area contributed by atoms with E-state index in [0.29, 0.717) is 0 Å². The van der Waals surface area contributed by atoms with E-state index in [0.717, 1.165) is 53.9 Å². The molecule has 5 rings (SSSR count). The molecule has 0 saturated carbocycles. The van der Waals surface area contributed by atoms with Crippen LogP contribution in [0.4, 0.5) is 0 Å². The number of furan rings is 1. The van der Waals surface area contributed by atoms with Gasteiger partial charge in [0.25, 0.3) is 0 Å². The summed E-state index contributed by atoms with van der Waals surface area (Å²) in [5, 5.41) is 5.67. The number of aromatic nitrogens is 3. The number of hydrogen-bond donors (Lipinski definition) is 1. The topological polar surface area (TPSA) is 55.9 Å². The van der Waals surface area contributed by atoms with Crippen LogP contribution in [0, 0.1) is 19.8 Å². The van der Waals surface area contributed by atoms with Crippen LogP contribution in [-0.2, 0) is 6.54 Å². The molecule has 0 radical (unpaired) electrons. The molecular formula is C21H24N4OS. The molecule has 0 bridgehead atoms. The fourth-order valence-electron chi connectivity index (χ4n) is 4.19. The molecule has 4 aromatic heterocycles. The zero-order valence-corrected chi connectivity index (χ0v) is 16.6. The first-order valence-corrected chi connectivity index (χ1v) is 10.6. The molecule has 27 heavy (non-hydrogen) atoms. The van der Waals surface area contributed by atoms with Crippen molar-refractivity contribution < 1.29 is 4.42 Å². The SMILES string of the molecule is Cc1csc2c1nc(C)c1nc(-c3ccco3)n(CCC3CCNCC3)c12. The summed E-state index contributed by atoms with van der Waals surface area (Å²) >= 11 is 1.77. The molecule has 1 fully saturated rings. The van der Waals surface area contributed by atoms with Crippen LogP contribution < -0.4 is 5.32 Å². The standard InChI is InChI=1S/C21H24N4OS/c1-13-12-27-20-17(13)23-14(2)18-19(20)25(10-7-15-5-8-22-9-6-15)21(24-18)16-4-3-11-26-16/h3-4,11-12,15,22H,5-10H2,1-2H3. The predicted octanol–water partition coefficient (Wildman–Crippen LogP) is 4.91. The summed E-state index contributed by atoms with van der Waals surface area (Å²) in [5.41, 5.74) is 5.56. The normalized spacial score (nSPS) is 15.9. The molecule has 140 valence electrons. The van der Waals surface area contributed by atoms with Crippen LogP contribution >= 0.6 is 11.3 Å². The molecule has 0 atom stereocenters. The average molecular weight is 381 g/mol. The van der Waals surface area contributed by atoms with Crippen LogP contribution in [0.15, 0.2) is 28.2 Å². The number of nitrogens with one attached hydrogen (secondary N) is 1. The van der Waals surface area contributed by atoms with E-state index in [1.807, 2.05) is 12.1 Å². The van der Waals surface area contributed by atoms with Gasteiger partial charge in [-0.15, -0.1) is 11.3 Å². The first kappa shape index (κ1) is 17.0. The Kier molecular flexibility index (Phi) is 4.25. The molecule has 5 heterocycles. The van der Waals surface area contributed by atoms with Gasteiger partial charge in [0.15, 0.2) is 11.6 Å². The average Bonchev–Trinajstić information content (AvgIpc) is 3.40. The largest absolute Gasteiger partial charge is 0.461 e. The molecule has 0 aromatic carbocycles. The number of hydrogen-bond acceptors (Lipinski definition) is 5. The summed E-state index contributed by atoms with van der Waals surface area (Å²) in [4.78, 5) is 9.82. The maximum atomic E-state index is 5.73. The summed E-state index contributed by atoms with van der Waals surface area (Å²) in [7, 11) is 0. The molecule has 0 amide bonds.